The maximum atomic E-state index is 11.8. The van der Waals surface area contributed by atoms with Crippen molar-refractivity contribution in [3.63, 3.8) is 0 Å². The Morgan fingerprint density at radius 2 is 2.04 bits per heavy atom. The van der Waals surface area contributed by atoms with Gasteiger partial charge in [-0.1, -0.05) is 6.92 Å². The number of aryl methyl sites for hydroxylation is 1. The molecule has 0 aliphatic rings. The smallest absolute Gasteiger partial charge is 0.242 e. The molecular weight excluding hydrogens is 294 g/mol. The molecule has 0 radical (unpaired) electrons. The molecule has 130 valence electrons. The van der Waals surface area contributed by atoms with E-state index in [2.05, 4.69) is 31.1 Å². The van der Waals surface area contributed by atoms with Crippen molar-refractivity contribution >= 4 is 11.9 Å². The molecule has 0 aliphatic heterocycles. The Morgan fingerprint density at radius 3 is 2.65 bits per heavy atom. The van der Waals surface area contributed by atoms with Crippen LogP contribution in [-0.4, -0.2) is 51.8 Å². The van der Waals surface area contributed by atoms with Gasteiger partial charge in [0.1, 0.15) is 18.7 Å². The van der Waals surface area contributed by atoms with Crippen LogP contribution in [0, 0.1) is 0 Å². The number of hydrogen-bond acceptors (Lipinski definition) is 4. The Labute approximate surface area is 138 Å². The highest BCUT2D eigenvalue weighted by Crippen LogP contribution is 1.97. The van der Waals surface area contributed by atoms with E-state index in [1.165, 1.54) is 0 Å². The Kier molecular flexibility index (Phi) is 7.50. The van der Waals surface area contributed by atoms with E-state index >= 15 is 0 Å². The van der Waals surface area contributed by atoms with Crippen molar-refractivity contribution in [3.05, 3.63) is 12.2 Å². The first kappa shape index (κ1) is 18.9. The van der Waals surface area contributed by atoms with Crippen LogP contribution in [0.1, 0.15) is 40.4 Å². The third kappa shape index (κ3) is 7.62. The average molecular weight is 323 g/mol. The number of carbonyl (C=O) groups excluding carboxylic acids is 1. The van der Waals surface area contributed by atoms with Crippen molar-refractivity contribution in [2.75, 3.05) is 19.6 Å². The number of amides is 1. The van der Waals surface area contributed by atoms with Gasteiger partial charge in [-0.15, -0.1) is 10.2 Å². The second kappa shape index (κ2) is 9.12. The minimum atomic E-state index is -0.247. The number of aliphatic imine (C=N–C) groups is 1. The van der Waals surface area contributed by atoms with E-state index in [9.17, 15) is 4.79 Å². The van der Waals surface area contributed by atoms with Crippen molar-refractivity contribution in [1.82, 2.24) is 30.7 Å². The maximum Gasteiger partial charge on any atom is 0.242 e. The van der Waals surface area contributed by atoms with Gasteiger partial charge in [-0.2, -0.15) is 0 Å². The Bertz CT molecular complexity index is 516. The lowest BCUT2D eigenvalue weighted by molar-refractivity contribution is -0.121. The second-order valence-corrected chi connectivity index (χ2v) is 6.21. The molecule has 8 heteroatoms. The van der Waals surface area contributed by atoms with Gasteiger partial charge in [-0.05, 0) is 27.7 Å². The van der Waals surface area contributed by atoms with Gasteiger partial charge in [-0.25, -0.2) is 4.99 Å². The van der Waals surface area contributed by atoms with E-state index in [0.717, 1.165) is 25.3 Å². The van der Waals surface area contributed by atoms with Crippen molar-refractivity contribution in [3.8, 4) is 0 Å². The van der Waals surface area contributed by atoms with Crippen LogP contribution in [0.25, 0.3) is 0 Å². The maximum absolute atomic E-state index is 11.8. The predicted octanol–water partition coefficient (Wildman–Crippen LogP) is 0.310. The number of nitrogens with zero attached hydrogens (tertiary/aromatic N) is 4. The molecule has 0 aromatic carbocycles. The van der Waals surface area contributed by atoms with E-state index in [1.54, 1.807) is 6.33 Å². The van der Waals surface area contributed by atoms with Crippen LogP contribution >= 0.6 is 0 Å². The van der Waals surface area contributed by atoms with Crippen molar-refractivity contribution in [2.45, 2.75) is 53.1 Å². The molecule has 0 saturated carbocycles. The van der Waals surface area contributed by atoms with Gasteiger partial charge in [-0.3, -0.25) is 4.79 Å². The lowest BCUT2D eigenvalue weighted by Gasteiger charge is -2.20. The molecule has 23 heavy (non-hydrogen) atoms. The highest BCUT2D eigenvalue weighted by Gasteiger charge is 2.13. The van der Waals surface area contributed by atoms with Gasteiger partial charge < -0.3 is 20.5 Å². The normalized spacial score (nSPS) is 12.1. The fourth-order valence-electron chi connectivity index (χ4n) is 1.98. The van der Waals surface area contributed by atoms with E-state index in [0.29, 0.717) is 12.5 Å². The molecule has 0 spiro atoms. The molecule has 1 aromatic heterocycles. The summed E-state index contributed by atoms with van der Waals surface area (Å²) in [6.45, 7) is 12.1. The summed E-state index contributed by atoms with van der Waals surface area (Å²) < 4.78 is 2.00. The van der Waals surface area contributed by atoms with Crippen LogP contribution in [0.2, 0.25) is 0 Å². The predicted molar refractivity (Wildman–Crippen MR) is 91.3 cm³/mol. The highest BCUT2D eigenvalue weighted by molar-refractivity contribution is 5.85. The summed E-state index contributed by atoms with van der Waals surface area (Å²) in [4.78, 5) is 16.1. The van der Waals surface area contributed by atoms with Crippen molar-refractivity contribution in [2.24, 2.45) is 4.99 Å². The first-order valence-electron chi connectivity index (χ1n) is 8.05. The third-order valence-electron chi connectivity index (χ3n) is 2.90. The van der Waals surface area contributed by atoms with Crippen LogP contribution in [0.3, 0.4) is 0 Å². The zero-order chi connectivity index (χ0) is 17.3. The van der Waals surface area contributed by atoms with Crippen LogP contribution in [-0.2, 0) is 17.8 Å². The van der Waals surface area contributed by atoms with Crippen molar-refractivity contribution < 1.29 is 4.79 Å². The molecule has 8 nitrogen and oxygen atoms in total. The molecule has 0 bridgehead atoms. The quantitative estimate of drug-likeness (QED) is 0.496. The largest absolute Gasteiger partial charge is 0.357 e. The minimum absolute atomic E-state index is 0.0956. The fourth-order valence-corrected chi connectivity index (χ4v) is 1.98. The number of aromatic nitrogens is 3. The van der Waals surface area contributed by atoms with Gasteiger partial charge >= 0.3 is 0 Å². The third-order valence-corrected chi connectivity index (χ3v) is 2.90. The first-order chi connectivity index (χ1) is 10.9. The molecule has 1 amide bonds. The van der Waals surface area contributed by atoms with E-state index in [4.69, 9.17) is 0 Å². The second-order valence-electron chi connectivity index (χ2n) is 6.21. The van der Waals surface area contributed by atoms with E-state index < -0.39 is 0 Å². The molecule has 0 fully saturated rings. The summed E-state index contributed by atoms with van der Waals surface area (Å²) in [5, 5.41) is 17.2. The lowest BCUT2D eigenvalue weighted by atomic mass is 10.1. The SMILES string of the molecule is CCNC(=NCC(=O)NC(C)(C)C)NCCn1cnnc1CC. The topological polar surface area (TPSA) is 96.2 Å². The molecule has 1 aromatic rings. The van der Waals surface area contributed by atoms with E-state index in [-0.39, 0.29) is 18.0 Å². The van der Waals surface area contributed by atoms with E-state index in [1.807, 2.05) is 39.2 Å². The van der Waals surface area contributed by atoms with Gasteiger partial charge in [0.05, 0.1) is 0 Å². The van der Waals surface area contributed by atoms with Crippen LogP contribution < -0.4 is 16.0 Å². The highest BCUT2D eigenvalue weighted by atomic mass is 16.2. The molecule has 1 heterocycles. The molecule has 1 rings (SSSR count). The van der Waals surface area contributed by atoms with Crippen molar-refractivity contribution in [1.29, 1.82) is 0 Å². The lowest BCUT2D eigenvalue weighted by Crippen LogP contribution is -2.43. The molecule has 0 aliphatic carbocycles. The number of hydrogen-bond donors (Lipinski definition) is 3. The van der Waals surface area contributed by atoms with Gasteiger partial charge in [0.25, 0.3) is 0 Å². The summed E-state index contributed by atoms with van der Waals surface area (Å²) in [6, 6.07) is 0. The summed E-state index contributed by atoms with van der Waals surface area (Å²) in [5.74, 6) is 1.49. The molecule has 0 atom stereocenters. The Morgan fingerprint density at radius 1 is 1.30 bits per heavy atom. The summed E-state index contributed by atoms with van der Waals surface area (Å²) in [7, 11) is 0. The van der Waals surface area contributed by atoms with Gasteiger partial charge in [0, 0.05) is 31.6 Å². The molecule has 0 unspecified atom stereocenters. The standard InChI is InChI=1S/C15H29N7O/c1-6-12-21-19-11-22(12)9-8-17-14(16-7-2)18-10-13(23)20-15(3,4)5/h11H,6-10H2,1-5H3,(H,20,23)(H2,16,17,18). The monoisotopic (exact) mass is 323 g/mol. The number of carbonyl (C=O) groups is 1. The fraction of sp³-hybridized carbons (Fsp3) is 0.733. The summed E-state index contributed by atoms with van der Waals surface area (Å²) in [6.07, 6.45) is 2.57. The zero-order valence-electron chi connectivity index (χ0n) is 14.8. The van der Waals surface area contributed by atoms with Crippen LogP contribution in [0.4, 0.5) is 0 Å². The first-order valence-corrected chi connectivity index (χ1v) is 8.05. The van der Waals surface area contributed by atoms with Crippen LogP contribution in [0.5, 0.6) is 0 Å². The summed E-state index contributed by atoms with van der Waals surface area (Å²) in [5.41, 5.74) is -0.247. The molecular formula is C15H29N7O. The molecule has 0 saturated heterocycles. The minimum Gasteiger partial charge on any atom is -0.357 e. The Balaban J connectivity index is 2.48. The zero-order valence-corrected chi connectivity index (χ0v) is 14.8. The molecule has 3 N–H and O–H groups in total. The number of nitrogens with one attached hydrogen (secondary N) is 3. The number of rotatable bonds is 7. The van der Waals surface area contributed by atoms with Crippen LogP contribution in [0.15, 0.2) is 11.3 Å². The van der Waals surface area contributed by atoms with Gasteiger partial charge in [0.15, 0.2) is 5.96 Å². The summed E-state index contributed by atoms with van der Waals surface area (Å²) >= 11 is 0. The Hall–Kier alpha value is -2.12. The number of guanidine groups is 1. The van der Waals surface area contributed by atoms with Gasteiger partial charge in [0.2, 0.25) is 5.91 Å². The average Bonchev–Trinajstić information content (AvgIpc) is 2.90.